The standard InChI is InChI=1S/C19H13ClFN3O5/c1-27-24-16(19(25)26)11-6-2-4-8-13(11)28-17-15(21)18(23-10-22-17)29-14-9-5-3-7-12(14)20/h2-10H,1H3,(H,25,26)/b24-16-. The van der Waals surface area contributed by atoms with Gasteiger partial charge in [0.15, 0.2) is 5.71 Å². The Kier molecular flexibility index (Phi) is 6.20. The second-order valence-electron chi connectivity index (χ2n) is 5.36. The van der Waals surface area contributed by atoms with Crippen LogP contribution in [-0.4, -0.2) is 33.9 Å². The molecule has 1 heterocycles. The monoisotopic (exact) mass is 417 g/mol. The lowest BCUT2D eigenvalue weighted by atomic mass is 10.1. The summed E-state index contributed by atoms with van der Waals surface area (Å²) in [5, 5.41) is 13.1. The van der Waals surface area contributed by atoms with Crippen LogP contribution in [0.5, 0.6) is 23.3 Å². The molecule has 0 unspecified atom stereocenters. The molecule has 0 saturated carbocycles. The number of nitrogens with zero attached hydrogens (tertiary/aromatic N) is 3. The first kappa shape index (κ1) is 20.0. The number of halogens is 2. The number of aliphatic carboxylic acids is 1. The van der Waals surface area contributed by atoms with Gasteiger partial charge >= 0.3 is 5.97 Å². The number of carboxylic acids is 1. The van der Waals surface area contributed by atoms with Crippen molar-refractivity contribution in [2.24, 2.45) is 5.16 Å². The summed E-state index contributed by atoms with van der Waals surface area (Å²) in [5.41, 5.74) is -0.362. The molecule has 0 saturated heterocycles. The minimum absolute atomic E-state index is 0.00741. The molecule has 3 aromatic rings. The molecular weight excluding hydrogens is 405 g/mol. The van der Waals surface area contributed by atoms with Crippen molar-refractivity contribution in [1.29, 1.82) is 0 Å². The Morgan fingerprint density at radius 2 is 1.62 bits per heavy atom. The van der Waals surface area contributed by atoms with Crippen molar-refractivity contribution in [2.45, 2.75) is 0 Å². The zero-order chi connectivity index (χ0) is 20.8. The van der Waals surface area contributed by atoms with Gasteiger partial charge in [-0.15, -0.1) is 0 Å². The summed E-state index contributed by atoms with van der Waals surface area (Å²) in [4.78, 5) is 23.5. The molecule has 0 aliphatic rings. The topological polar surface area (TPSA) is 103 Å². The van der Waals surface area contributed by atoms with Crippen LogP contribution in [0.2, 0.25) is 5.02 Å². The van der Waals surface area contributed by atoms with Gasteiger partial charge < -0.3 is 19.4 Å². The van der Waals surface area contributed by atoms with E-state index in [1.54, 1.807) is 36.4 Å². The van der Waals surface area contributed by atoms with Gasteiger partial charge in [0.25, 0.3) is 11.8 Å². The molecular formula is C19H13ClFN3O5. The van der Waals surface area contributed by atoms with Gasteiger partial charge in [-0.3, -0.25) is 0 Å². The van der Waals surface area contributed by atoms with E-state index in [2.05, 4.69) is 20.0 Å². The quantitative estimate of drug-likeness (QED) is 0.451. The van der Waals surface area contributed by atoms with E-state index < -0.39 is 29.3 Å². The van der Waals surface area contributed by atoms with E-state index in [1.807, 2.05) is 0 Å². The van der Waals surface area contributed by atoms with Crippen LogP contribution in [0.4, 0.5) is 4.39 Å². The van der Waals surface area contributed by atoms with E-state index in [9.17, 15) is 14.3 Å². The van der Waals surface area contributed by atoms with E-state index >= 15 is 0 Å². The number of aromatic nitrogens is 2. The van der Waals surface area contributed by atoms with Gasteiger partial charge in [-0.05, 0) is 24.3 Å². The predicted molar refractivity (Wildman–Crippen MR) is 101 cm³/mol. The number of ether oxygens (including phenoxy) is 2. The third-order valence-corrected chi connectivity index (χ3v) is 3.82. The van der Waals surface area contributed by atoms with Crippen LogP contribution < -0.4 is 9.47 Å². The molecule has 1 aromatic heterocycles. The van der Waals surface area contributed by atoms with Gasteiger partial charge in [0.1, 0.15) is 24.9 Å². The fourth-order valence-corrected chi connectivity index (χ4v) is 2.44. The zero-order valence-electron chi connectivity index (χ0n) is 14.9. The maximum atomic E-state index is 14.8. The molecule has 10 heteroatoms. The summed E-state index contributed by atoms with van der Waals surface area (Å²) in [6, 6.07) is 12.5. The van der Waals surface area contributed by atoms with Crippen molar-refractivity contribution in [2.75, 3.05) is 7.11 Å². The van der Waals surface area contributed by atoms with Crippen molar-refractivity contribution in [1.82, 2.24) is 9.97 Å². The summed E-state index contributed by atoms with van der Waals surface area (Å²) in [6.45, 7) is 0. The first-order valence-electron chi connectivity index (χ1n) is 8.05. The first-order valence-corrected chi connectivity index (χ1v) is 8.43. The van der Waals surface area contributed by atoms with Crippen molar-refractivity contribution in [3.63, 3.8) is 0 Å². The highest BCUT2D eigenvalue weighted by Crippen LogP contribution is 2.33. The number of carboxylic acid groups (broad SMARTS) is 1. The van der Waals surface area contributed by atoms with Gasteiger partial charge in [0.2, 0.25) is 5.82 Å². The molecule has 29 heavy (non-hydrogen) atoms. The Labute approximate surface area is 169 Å². The van der Waals surface area contributed by atoms with E-state index in [1.165, 1.54) is 19.2 Å². The van der Waals surface area contributed by atoms with Gasteiger partial charge in [0, 0.05) is 0 Å². The molecule has 148 valence electrons. The highest BCUT2D eigenvalue weighted by atomic mass is 35.5. The van der Waals surface area contributed by atoms with E-state index in [-0.39, 0.29) is 22.1 Å². The number of carbonyl (C=O) groups is 1. The SMILES string of the molecule is CO/N=C(\C(=O)O)c1ccccc1Oc1ncnc(Oc2ccccc2Cl)c1F. The number of hydrogen-bond acceptors (Lipinski definition) is 7. The van der Waals surface area contributed by atoms with Crippen LogP contribution in [0.25, 0.3) is 0 Å². The van der Waals surface area contributed by atoms with Crippen LogP contribution in [0, 0.1) is 5.82 Å². The number of benzene rings is 2. The average molecular weight is 418 g/mol. The van der Waals surface area contributed by atoms with E-state index in [4.69, 9.17) is 21.1 Å². The zero-order valence-corrected chi connectivity index (χ0v) is 15.6. The fourth-order valence-electron chi connectivity index (χ4n) is 2.26. The van der Waals surface area contributed by atoms with E-state index in [0.717, 1.165) is 6.33 Å². The Balaban J connectivity index is 1.95. The lowest BCUT2D eigenvalue weighted by Crippen LogP contribution is -2.16. The smallest absolute Gasteiger partial charge is 0.358 e. The van der Waals surface area contributed by atoms with Gasteiger partial charge in [-0.25, -0.2) is 4.79 Å². The first-order chi connectivity index (χ1) is 14.0. The molecule has 0 bridgehead atoms. The lowest BCUT2D eigenvalue weighted by Gasteiger charge is -2.12. The maximum Gasteiger partial charge on any atom is 0.358 e. The molecule has 0 fully saturated rings. The van der Waals surface area contributed by atoms with Crippen LogP contribution in [0.1, 0.15) is 5.56 Å². The third kappa shape index (κ3) is 4.58. The summed E-state index contributed by atoms with van der Waals surface area (Å²) in [6.07, 6.45) is 1.04. The second kappa shape index (κ2) is 8.98. The fraction of sp³-hybridized carbons (Fsp3) is 0.0526. The number of oxime groups is 1. The third-order valence-electron chi connectivity index (χ3n) is 3.50. The Hall–Kier alpha value is -3.72. The largest absolute Gasteiger partial charge is 0.476 e. The highest BCUT2D eigenvalue weighted by Gasteiger charge is 2.22. The summed E-state index contributed by atoms with van der Waals surface area (Å²) in [5.74, 6) is -3.05. The Morgan fingerprint density at radius 3 is 2.24 bits per heavy atom. The van der Waals surface area contributed by atoms with Gasteiger partial charge in [-0.2, -0.15) is 14.4 Å². The van der Waals surface area contributed by atoms with Gasteiger partial charge in [-0.1, -0.05) is 41.0 Å². The van der Waals surface area contributed by atoms with Crippen LogP contribution in [0.15, 0.2) is 60.0 Å². The lowest BCUT2D eigenvalue weighted by molar-refractivity contribution is -0.129. The number of hydrogen-bond donors (Lipinski definition) is 1. The van der Waals surface area contributed by atoms with Crippen LogP contribution in [0.3, 0.4) is 0 Å². The molecule has 0 amide bonds. The Bertz CT molecular complexity index is 1080. The summed E-state index contributed by atoms with van der Waals surface area (Å²) < 4.78 is 25.7. The van der Waals surface area contributed by atoms with Crippen molar-refractivity contribution < 1.29 is 28.6 Å². The minimum atomic E-state index is -1.35. The van der Waals surface area contributed by atoms with Crippen molar-refractivity contribution >= 4 is 23.3 Å². The predicted octanol–water partition coefficient (Wildman–Crippen LogP) is 4.29. The highest BCUT2D eigenvalue weighted by molar-refractivity contribution is 6.43. The summed E-state index contributed by atoms with van der Waals surface area (Å²) >= 11 is 6.01. The molecule has 0 atom stereocenters. The van der Waals surface area contributed by atoms with Crippen LogP contribution in [-0.2, 0) is 9.63 Å². The molecule has 3 rings (SSSR count). The molecule has 8 nitrogen and oxygen atoms in total. The second-order valence-corrected chi connectivity index (χ2v) is 5.76. The minimum Gasteiger partial charge on any atom is -0.476 e. The maximum absolute atomic E-state index is 14.8. The Morgan fingerprint density at radius 1 is 1.03 bits per heavy atom. The molecule has 0 aliphatic carbocycles. The van der Waals surface area contributed by atoms with Gasteiger partial charge in [0.05, 0.1) is 10.6 Å². The average Bonchev–Trinajstić information content (AvgIpc) is 2.71. The normalized spacial score (nSPS) is 11.1. The molecule has 0 aliphatic heterocycles. The van der Waals surface area contributed by atoms with Crippen molar-refractivity contribution in [3.05, 3.63) is 71.3 Å². The number of para-hydroxylation sites is 2. The molecule has 0 radical (unpaired) electrons. The molecule has 2 aromatic carbocycles. The van der Waals surface area contributed by atoms with E-state index in [0.29, 0.717) is 0 Å². The number of rotatable bonds is 7. The molecule has 1 N–H and O–H groups in total. The van der Waals surface area contributed by atoms with Crippen LogP contribution >= 0.6 is 11.6 Å². The molecule has 0 spiro atoms. The van der Waals surface area contributed by atoms with Crippen molar-refractivity contribution in [3.8, 4) is 23.3 Å². The summed E-state index contributed by atoms with van der Waals surface area (Å²) in [7, 11) is 1.20.